The van der Waals surface area contributed by atoms with Crippen LogP contribution in [-0.2, 0) is 6.42 Å². The zero-order valence-electron chi connectivity index (χ0n) is 11.0. The largest absolute Gasteiger partial charge is 0.497 e. The number of nitrogens with two attached hydrogens (primary N) is 1. The molecule has 0 heterocycles. The van der Waals surface area contributed by atoms with Crippen LogP contribution in [0, 0.1) is 5.82 Å². The van der Waals surface area contributed by atoms with Crippen molar-refractivity contribution in [3.8, 4) is 17.2 Å². The normalized spacial score (nSPS) is 10.4. The Morgan fingerprint density at radius 1 is 1.15 bits per heavy atom. The van der Waals surface area contributed by atoms with E-state index in [1.54, 1.807) is 31.4 Å². The molecule has 0 aromatic heterocycles. The fourth-order valence-corrected chi connectivity index (χ4v) is 2.20. The van der Waals surface area contributed by atoms with Gasteiger partial charge in [-0.2, -0.15) is 0 Å². The quantitative estimate of drug-likeness (QED) is 0.898. The maximum atomic E-state index is 13.9. The summed E-state index contributed by atoms with van der Waals surface area (Å²) < 4.78 is 25.3. The molecular formula is C15H15BrFNO2. The summed E-state index contributed by atoms with van der Waals surface area (Å²) in [5.41, 5.74) is 6.30. The molecule has 0 aliphatic heterocycles. The summed E-state index contributed by atoms with van der Waals surface area (Å²) in [6.45, 7) is 0.490. The van der Waals surface area contributed by atoms with Crippen LogP contribution in [0.4, 0.5) is 4.39 Å². The summed E-state index contributed by atoms with van der Waals surface area (Å²) >= 11 is 3.37. The second-order valence-electron chi connectivity index (χ2n) is 4.20. The highest BCUT2D eigenvalue weighted by Gasteiger charge is 2.09. The van der Waals surface area contributed by atoms with E-state index in [0.717, 1.165) is 5.56 Å². The maximum absolute atomic E-state index is 13.9. The molecule has 0 aliphatic rings. The van der Waals surface area contributed by atoms with Gasteiger partial charge >= 0.3 is 0 Å². The van der Waals surface area contributed by atoms with E-state index >= 15 is 0 Å². The van der Waals surface area contributed by atoms with Crippen molar-refractivity contribution in [2.75, 3.05) is 13.7 Å². The Hall–Kier alpha value is -1.59. The van der Waals surface area contributed by atoms with Crippen molar-refractivity contribution in [1.82, 2.24) is 0 Å². The van der Waals surface area contributed by atoms with Crippen molar-refractivity contribution in [1.29, 1.82) is 0 Å². The Morgan fingerprint density at radius 3 is 2.50 bits per heavy atom. The second-order valence-corrected chi connectivity index (χ2v) is 5.06. The Balaban J connectivity index is 2.21. The molecule has 0 amide bonds. The minimum Gasteiger partial charge on any atom is -0.497 e. The van der Waals surface area contributed by atoms with Crippen molar-refractivity contribution in [3.05, 3.63) is 52.3 Å². The molecule has 0 radical (unpaired) electrons. The van der Waals surface area contributed by atoms with Crippen LogP contribution in [-0.4, -0.2) is 13.7 Å². The summed E-state index contributed by atoms with van der Waals surface area (Å²) in [4.78, 5) is 0. The lowest BCUT2D eigenvalue weighted by atomic mass is 10.1. The molecule has 0 unspecified atom stereocenters. The lowest BCUT2D eigenvalue weighted by Gasteiger charge is -2.10. The topological polar surface area (TPSA) is 44.5 Å². The van der Waals surface area contributed by atoms with Gasteiger partial charge in [0.25, 0.3) is 0 Å². The fraction of sp³-hybridized carbons (Fsp3) is 0.200. The van der Waals surface area contributed by atoms with Crippen LogP contribution in [0.5, 0.6) is 17.2 Å². The summed E-state index contributed by atoms with van der Waals surface area (Å²) in [6, 6.07) is 10.1. The van der Waals surface area contributed by atoms with Crippen LogP contribution < -0.4 is 15.2 Å². The Kier molecular flexibility index (Phi) is 4.98. The highest BCUT2D eigenvalue weighted by atomic mass is 79.9. The third kappa shape index (κ3) is 3.49. The molecule has 0 fully saturated rings. The lowest BCUT2D eigenvalue weighted by molar-refractivity contribution is 0.410. The van der Waals surface area contributed by atoms with Crippen molar-refractivity contribution < 1.29 is 13.9 Å². The summed E-state index contributed by atoms with van der Waals surface area (Å²) in [6.07, 6.45) is 0.642. The van der Waals surface area contributed by atoms with E-state index in [9.17, 15) is 4.39 Å². The van der Waals surface area contributed by atoms with Gasteiger partial charge < -0.3 is 15.2 Å². The molecule has 2 rings (SSSR count). The number of ether oxygens (including phenoxy) is 2. The van der Waals surface area contributed by atoms with Crippen molar-refractivity contribution >= 4 is 15.9 Å². The summed E-state index contributed by atoms with van der Waals surface area (Å²) in [5, 5.41) is 0. The van der Waals surface area contributed by atoms with Crippen molar-refractivity contribution in [3.63, 3.8) is 0 Å². The van der Waals surface area contributed by atoms with E-state index in [1.807, 2.05) is 6.07 Å². The highest BCUT2D eigenvalue weighted by Crippen LogP contribution is 2.33. The molecule has 0 bridgehead atoms. The third-order valence-corrected chi connectivity index (χ3v) is 3.41. The van der Waals surface area contributed by atoms with Crippen LogP contribution in [0.2, 0.25) is 0 Å². The molecule has 0 saturated carbocycles. The molecule has 2 N–H and O–H groups in total. The first kappa shape index (κ1) is 14.8. The fourth-order valence-electron chi connectivity index (χ4n) is 1.76. The minimum atomic E-state index is -0.404. The van der Waals surface area contributed by atoms with Gasteiger partial charge in [0.2, 0.25) is 0 Å². The van der Waals surface area contributed by atoms with Crippen molar-refractivity contribution in [2.45, 2.75) is 6.42 Å². The zero-order valence-corrected chi connectivity index (χ0v) is 12.6. The van der Waals surface area contributed by atoms with Gasteiger partial charge in [0, 0.05) is 0 Å². The van der Waals surface area contributed by atoms with E-state index in [0.29, 0.717) is 28.9 Å². The monoisotopic (exact) mass is 339 g/mol. The summed E-state index contributed by atoms with van der Waals surface area (Å²) in [7, 11) is 1.58. The van der Waals surface area contributed by atoms with Crippen LogP contribution in [0.15, 0.2) is 40.9 Å². The molecule has 106 valence electrons. The minimum absolute atomic E-state index is 0.177. The maximum Gasteiger partial charge on any atom is 0.165 e. The predicted octanol–water partition coefficient (Wildman–Crippen LogP) is 3.89. The van der Waals surface area contributed by atoms with Crippen LogP contribution in [0.25, 0.3) is 0 Å². The van der Waals surface area contributed by atoms with Gasteiger partial charge in [0.15, 0.2) is 11.6 Å². The molecule has 0 atom stereocenters. The van der Waals surface area contributed by atoms with Gasteiger partial charge in [-0.25, -0.2) is 4.39 Å². The number of rotatable bonds is 5. The number of methoxy groups -OCH3 is 1. The van der Waals surface area contributed by atoms with E-state index in [-0.39, 0.29) is 5.75 Å². The highest BCUT2D eigenvalue weighted by molar-refractivity contribution is 9.10. The van der Waals surface area contributed by atoms with Gasteiger partial charge in [-0.15, -0.1) is 0 Å². The SMILES string of the molecule is COc1ccc(Oc2ccc(CCN)cc2F)c(Br)c1. The molecular weight excluding hydrogens is 325 g/mol. The number of hydrogen-bond donors (Lipinski definition) is 1. The predicted molar refractivity (Wildman–Crippen MR) is 79.9 cm³/mol. The lowest BCUT2D eigenvalue weighted by Crippen LogP contribution is -2.03. The average Bonchev–Trinajstić information content (AvgIpc) is 2.44. The van der Waals surface area contributed by atoms with E-state index in [4.69, 9.17) is 15.2 Å². The number of hydrogen-bond acceptors (Lipinski definition) is 3. The van der Waals surface area contributed by atoms with Crippen molar-refractivity contribution in [2.24, 2.45) is 5.73 Å². The van der Waals surface area contributed by atoms with Gasteiger partial charge in [0.05, 0.1) is 11.6 Å². The van der Waals surface area contributed by atoms with Gasteiger partial charge in [0.1, 0.15) is 11.5 Å². The van der Waals surface area contributed by atoms with Gasteiger partial charge in [-0.3, -0.25) is 0 Å². The van der Waals surface area contributed by atoms with Gasteiger partial charge in [-0.05, 0) is 64.8 Å². The molecule has 3 nitrogen and oxygen atoms in total. The van der Waals surface area contributed by atoms with Crippen LogP contribution in [0.3, 0.4) is 0 Å². The molecule has 20 heavy (non-hydrogen) atoms. The molecule has 2 aromatic carbocycles. The van der Waals surface area contributed by atoms with Crippen LogP contribution >= 0.6 is 15.9 Å². The second kappa shape index (κ2) is 6.72. The first-order valence-corrected chi connectivity index (χ1v) is 6.93. The standard InChI is InChI=1S/C15H15BrFNO2/c1-19-11-3-5-14(12(16)9-11)20-15-4-2-10(6-7-18)8-13(15)17/h2-5,8-9H,6-7,18H2,1H3. The molecule has 5 heteroatoms. The van der Waals surface area contributed by atoms with E-state index < -0.39 is 5.82 Å². The molecule has 0 spiro atoms. The first-order chi connectivity index (χ1) is 9.63. The average molecular weight is 340 g/mol. The Morgan fingerprint density at radius 2 is 1.90 bits per heavy atom. The number of benzene rings is 2. The zero-order chi connectivity index (χ0) is 14.5. The van der Waals surface area contributed by atoms with Gasteiger partial charge in [-0.1, -0.05) is 6.07 Å². The smallest absolute Gasteiger partial charge is 0.165 e. The third-order valence-electron chi connectivity index (χ3n) is 2.79. The summed E-state index contributed by atoms with van der Waals surface area (Å²) in [5.74, 6) is 0.995. The van der Waals surface area contributed by atoms with Crippen LogP contribution in [0.1, 0.15) is 5.56 Å². The molecule has 0 saturated heterocycles. The first-order valence-electron chi connectivity index (χ1n) is 6.14. The molecule has 2 aromatic rings. The number of halogens is 2. The Bertz CT molecular complexity index is 604. The Labute approximate surface area is 125 Å². The van der Waals surface area contributed by atoms with E-state index in [1.165, 1.54) is 6.07 Å². The molecule has 0 aliphatic carbocycles. The van der Waals surface area contributed by atoms with E-state index in [2.05, 4.69) is 15.9 Å².